The van der Waals surface area contributed by atoms with Crippen LogP contribution in [0.3, 0.4) is 0 Å². The summed E-state index contributed by atoms with van der Waals surface area (Å²) in [4.78, 5) is 20.5. The van der Waals surface area contributed by atoms with Crippen molar-refractivity contribution in [1.82, 2.24) is 4.98 Å². The Kier molecular flexibility index (Phi) is 5.49. The number of aromatic nitrogens is 1. The van der Waals surface area contributed by atoms with Gasteiger partial charge in [0.2, 0.25) is 0 Å². The lowest BCUT2D eigenvalue weighted by Crippen LogP contribution is -2.55. The normalized spacial score (nSPS) is 22.4. The molecule has 1 aliphatic heterocycles. The van der Waals surface area contributed by atoms with Crippen LogP contribution in [0.15, 0.2) is 35.5 Å². The van der Waals surface area contributed by atoms with Crippen molar-refractivity contribution in [2.45, 2.75) is 37.5 Å². The van der Waals surface area contributed by atoms with E-state index in [-0.39, 0.29) is 28.5 Å². The average molecular weight is 456 g/mol. The lowest BCUT2D eigenvalue weighted by Gasteiger charge is -2.38. The molecule has 6 nitrogen and oxygen atoms in total. The minimum Gasteiger partial charge on any atom is -0.386 e. The highest BCUT2D eigenvalue weighted by Crippen LogP contribution is 2.39. The predicted octanol–water partition coefficient (Wildman–Crippen LogP) is 3.22. The van der Waals surface area contributed by atoms with Crippen molar-refractivity contribution in [1.29, 1.82) is 0 Å². The van der Waals surface area contributed by atoms with Gasteiger partial charge >= 0.3 is 0 Å². The number of aliphatic imine (C=N–C) groups is 1. The van der Waals surface area contributed by atoms with Crippen LogP contribution in [0.2, 0.25) is 5.02 Å². The fourth-order valence-corrected chi connectivity index (χ4v) is 5.16. The maximum Gasteiger partial charge on any atom is 0.185 e. The molecular formula is C20H20ClF2N3O3S. The monoisotopic (exact) mass is 455 g/mol. The second-order valence-corrected chi connectivity index (χ2v) is 10.9. The lowest BCUT2D eigenvalue weighted by molar-refractivity contribution is 0.0988. The minimum atomic E-state index is -3.76. The van der Waals surface area contributed by atoms with E-state index in [2.05, 4.69) is 9.98 Å². The van der Waals surface area contributed by atoms with Crippen molar-refractivity contribution in [2.24, 2.45) is 10.7 Å². The van der Waals surface area contributed by atoms with E-state index in [0.717, 1.165) is 12.3 Å². The van der Waals surface area contributed by atoms with Gasteiger partial charge in [0.15, 0.2) is 15.6 Å². The standard InChI is InChI=1S/C20H20ClF2N3O3S/c1-19(2)18(24)26-20(3,10-30(19,28)29)13-6-11(7-14(21)17(13)23)8-16(27)15-5-4-12(22)9-25-15/h4-7,9H,8,10H2,1-3H3,(H2,24,26)/t20-/m0/s1. The molecule has 1 aliphatic rings. The zero-order chi connectivity index (χ0) is 22.5. The van der Waals surface area contributed by atoms with Gasteiger partial charge in [0.1, 0.15) is 33.4 Å². The van der Waals surface area contributed by atoms with E-state index in [1.165, 1.54) is 39.0 Å². The number of carbonyl (C=O) groups is 1. The molecule has 0 saturated carbocycles. The summed E-state index contributed by atoms with van der Waals surface area (Å²) in [5, 5.41) is -0.278. The highest BCUT2D eigenvalue weighted by Gasteiger charge is 2.49. The van der Waals surface area contributed by atoms with Gasteiger partial charge in [0, 0.05) is 12.0 Å². The Morgan fingerprint density at radius 2 is 1.90 bits per heavy atom. The summed E-state index contributed by atoms with van der Waals surface area (Å²) in [7, 11) is -3.76. The van der Waals surface area contributed by atoms with Gasteiger partial charge in [-0.05, 0) is 50.6 Å². The summed E-state index contributed by atoms with van der Waals surface area (Å²) in [5.41, 5.74) is 4.70. The number of carbonyl (C=O) groups excluding carboxylic acids is 1. The highest BCUT2D eigenvalue weighted by molar-refractivity contribution is 7.93. The first-order valence-corrected chi connectivity index (χ1v) is 11.0. The van der Waals surface area contributed by atoms with Crippen LogP contribution in [0.5, 0.6) is 0 Å². The second-order valence-electron chi connectivity index (χ2n) is 7.94. The van der Waals surface area contributed by atoms with Gasteiger partial charge in [-0.1, -0.05) is 11.6 Å². The number of Topliss-reactive ketones (excluding diaryl/α,β-unsaturated/α-hetero) is 1. The summed E-state index contributed by atoms with van der Waals surface area (Å²) < 4.78 is 52.1. The molecule has 2 aromatic rings. The van der Waals surface area contributed by atoms with Crippen molar-refractivity contribution in [3.63, 3.8) is 0 Å². The average Bonchev–Trinajstić information content (AvgIpc) is 2.63. The van der Waals surface area contributed by atoms with Gasteiger partial charge in [-0.25, -0.2) is 17.2 Å². The molecule has 0 bridgehead atoms. The largest absolute Gasteiger partial charge is 0.386 e. The minimum absolute atomic E-state index is 0.0360. The van der Waals surface area contributed by atoms with Gasteiger partial charge in [-0.3, -0.25) is 14.8 Å². The Labute approximate surface area is 178 Å². The number of pyridine rings is 1. The first-order valence-electron chi connectivity index (χ1n) is 8.98. The third-order valence-corrected chi connectivity index (χ3v) is 8.26. The van der Waals surface area contributed by atoms with E-state index in [1.54, 1.807) is 0 Å². The SMILES string of the molecule is CC1(C)C(N)=N[C@](C)(c2cc(CC(=O)c3ccc(F)cn3)cc(Cl)c2F)CS1(=O)=O. The first kappa shape index (κ1) is 22.3. The molecule has 3 rings (SSSR count). The van der Waals surface area contributed by atoms with E-state index in [1.807, 2.05) is 0 Å². The van der Waals surface area contributed by atoms with Crippen molar-refractivity contribution in [3.05, 3.63) is 63.9 Å². The third kappa shape index (κ3) is 3.83. The number of hydrogen-bond acceptors (Lipinski definition) is 6. The molecular weight excluding hydrogens is 436 g/mol. The van der Waals surface area contributed by atoms with E-state index >= 15 is 0 Å². The third-order valence-electron chi connectivity index (χ3n) is 5.28. The van der Waals surface area contributed by atoms with Crippen LogP contribution in [0.4, 0.5) is 8.78 Å². The van der Waals surface area contributed by atoms with Crippen LogP contribution in [0.1, 0.15) is 42.4 Å². The van der Waals surface area contributed by atoms with Crippen molar-refractivity contribution in [3.8, 4) is 0 Å². The Morgan fingerprint density at radius 3 is 2.47 bits per heavy atom. The first-order chi connectivity index (χ1) is 13.8. The Morgan fingerprint density at radius 1 is 1.23 bits per heavy atom. The zero-order valence-electron chi connectivity index (χ0n) is 16.5. The van der Waals surface area contributed by atoms with Crippen LogP contribution in [0.25, 0.3) is 0 Å². The summed E-state index contributed by atoms with van der Waals surface area (Å²) >= 11 is 6.03. The molecule has 0 unspecified atom stereocenters. The van der Waals surface area contributed by atoms with E-state index in [0.29, 0.717) is 5.56 Å². The quantitative estimate of drug-likeness (QED) is 0.713. The molecule has 0 aliphatic carbocycles. The zero-order valence-corrected chi connectivity index (χ0v) is 18.1. The van der Waals surface area contributed by atoms with Crippen molar-refractivity contribution in [2.75, 3.05) is 5.75 Å². The maximum absolute atomic E-state index is 14.9. The molecule has 1 aromatic carbocycles. The number of nitrogens with zero attached hydrogens (tertiary/aromatic N) is 2. The van der Waals surface area contributed by atoms with Crippen LogP contribution in [0, 0.1) is 11.6 Å². The molecule has 1 aromatic heterocycles. The molecule has 2 N–H and O–H groups in total. The number of hydrogen-bond donors (Lipinski definition) is 1. The van der Waals surface area contributed by atoms with Gasteiger partial charge in [-0.15, -0.1) is 0 Å². The number of halogens is 3. The molecule has 2 heterocycles. The van der Waals surface area contributed by atoms with E-state index in [9.17, 15) is 22.0 Å². The Hall–Kier alpha value is -2.39. The Balaban J connectivity index is 2.05. The summed E-state index contributed by atoms with van der Waals surface area (Å²) in [6.45, 7) is 4.33. The Bertz CT molecular complexity index is 1160. The molecule has 0 spiro atoms. The van der Waals surface area contributed by atoms with Crippen LogP contribution in [-0.4, -0.2) is 35.5 Å². The summed E-state index contributed by atoms with van der Waals surface area (Å²) in [6.07, 6.45) is 0.725. The van der Waals surface area contributed by atoms with E-state index < -0.39 is 43.3 Å². The second kappa shape index (κ2) is 7.39. The van der Waals surface area contributed by atoms with Gasteiger partial charge in [-0.2, -0.15) is 0 Å². The molecule has 160 valence electrons. The van der Waals surface area contributed by atoms with Crippen LogP contribution < -0.4 is 5.73 Å². The predicted molar refractivity (Wildman–Crippen MR) is 110 cm³/mol. The van der Waals surface area contributed by atoms with Gasteiger partial charge in [0.05, 0.1) is 17.0 Å². The summed E-state index contributed by atoms with van der Waals surface area (Å²) in [6, 6.07) is 4.98. The number of ketones is 1. The molecule has 0 amide bonds. The number of rotatable bonds is 4. The fourth-order valence-electron chi connectivity index (χ4n) is 3.24. The molecule has 1 atom stereocenters. The van der Waals surface area contributed by atoms with Crippen molar-refractivity contribution < 1.29 is 22.0 Å². The topological polar surface area (TPSA) is 102 Å². The lowest BCUT2D eigenvalue weighted by atomic mass is 9.90. The molecule has 10 heteroatoms. The highest BCUT2D eigenvalue weighted by atomic mass is 35.5. The number of amidine groups is 1. The van der Waals surface area contributed by atoms with Crippen LogP contribution in [-0.2, 0) is 21.8 Å². The smallest absolute Gasteiger partial charge is 0.185 e. The summed E-state index contributed by atoms with van der Waals surface area (Å²) in [5.74, 6) is -2.46. The molecule has 0 fully saturated rings. The van der Waals surface area contributed by atoms with Crippen molar-refractivity contribution >= 4 is 33.1 Å². The maximum atomic E-state index is 14.9. The molecule has 0 radical (unpaired) electrons. The van der Waals surface area contributed by atoms with Gasteiger partial charge < -0.3 is 5.73 Å². The molecule has 30 heavy (non-hydrogen) atoms. The number of nitrogens with two attached hydrogens (primary N) is 1. The van der Waals surface area contributed by atoms with E-state index in [4.69, 9.17) is 17.3 Å². The number of benzene rings is 1. The number of sulfone groups is 1. The van der Waals surface area contributed by atoms with Gasteiger partial charge in [0.25, 0.3) is 0 Å². The molecule has 0 saturated heterocycles. The van der Waals surface area contributed by atoms with Crippen LogP contribution >= 0.6 is 11.6 Å². The fraction of sp³-hybridized carbons (Fsp3) is 0.350.